The Kier molecular flexibility index (Phi) is 3.68. The molecule has 0 saturated heterocycles. The second-order valence-electron chi connectivity index (χ2n) is 4.59. The Labute approximate surface area is 130 Å². The minimum absolute atomic E-state index is 0.0164. The van der Waals surface area contributed by atoms with Gasteiger partial charge in [0.25, 0.3) is 5.69 Å². The number of benzene rings is 2. The lowest BCUT2D eigenvalue weighted by Gasteiger charge is -2.00. The number of fused-ring (bicyclic) bond motifs is 1. The summed E-state index contributed by atoms with van der Waals surface area (Å²) in [5.74, 6) is 0.350. The lowest BCUT2D eigenvalue weighted by molar-refractivity contribution is -0.384. The third kappa shape index (κ3) is 2.98. The highest BCUT2D eigenvalue weighted by molar-refractivity contribution is 6.10. The van der Waals surface area contributed by atoms with Gasteiger partial charge < -0.3 is 4.98 Å². The number of non-ortho nitro benzene ring substituents is 1. The van der Waals surface area contributed by atoms with Crippen LogP contribution in [0.25, 0.3) is 11.0 Å². The average Bonchev–Trinajstić information content (AvgIpc) is 2.99. The molecule has 2 N–H and O–H groups in total. The standard InChI is InChI=1S/C15H10N6O2/c16-9-14(15-17-12-3-1-2-4-13(12)18-15)20-19-10-5-7-11(8-6-10)21(22)23/h1-8,19H,(H,17,18)/b20-14-. The van der Waals surface area contributed by atoms with Crippen molar-refractivity contribution in [2.45, 2.75) is 0 Å². The molecule has 8 nitrogen and oxygen atoms in total. The number of H-pyrrole nitrogens is 1. The Morgan fingerprint density at radius 1 is 1.26 bits per heavy atom. The van der Waals surface area contributed by atoms with Gasteiger partial charge in [0.1, 0.15) is 6.07 Å². The molecule has 0 fully saturated rings. The van der Waals surface area contributed by atoms with E-state index in [2.05, 4.69) is 20.5 Å². The zero-order valence-corrected chi connectivity index (χ0v) is 11.7. The van der Waals surface area contributed by atoms with Crippen LogP contribution in [0.15, 0.2) is 53.6 Å². The van der Waals surface area contributed by atoms with Crippen molar-refractivity contribution < 1.29 is 4.92 Å². The van der Waals surface area contributed by atoms with Crippen LogP contribution >= 0.6 is 0 Å². The second kappa shape index (κ2) is 5.95. The van der Waals surface area contributed by atoms with Gasteiger partial charge in [0.15, 0.2) is 5.82 Å². The first-order chi connectivity index (χ1) is 11.2. The maximum atomic E-state index is 10.6. The predicted octanol–water partition coefficient (Wildman–Crippen LogP) is 2.81. The van der Waals surface area contributed by atoms with Gasteiger partial charge in [-0.15, -0.1) is 0 Å². The van der Waals surface area contributed by atoms with Crippen LogP contribution in [0.4, 0.5) is 11.4 Å². The minimum atomic E-state index is -0.484. The van der Waals surface area contributed by atoms with Gasteiger partial charge in [0.05, 0.1) is 21.6 Å². The van der Waals surface area contributed by atoms with Crippen molar-refractivity contribution in [3.63, 3.8) is 0 Å². The number of nitro groups is 1. The van der Waals surface area contributed by atoms with Crippen LogP contribution in [0.1, 0.15) is 5.82 Å². The van der Waals surface area contributed by atoms with Crippen molar-refractivity contribution in [1.29, 1.82) is 5.26 Å². The van der Waals surface area contributed by atoms with Crippen molar-refractivity contribution in [1.82, 2.24) is 9.97 Å². The number of nitrogens with one attached hydrogen (secondary N) is 2. The molecule has 23 heavy (non-hydrogen) atoms. The molecule has 112 valence electrons. The first-order valence-electron chi connectivity index (χ1n) is 6.61. The molecule has 1 aromatic heterocycles. The van der Waals surface area contributed by atoms with Crippen LogP contribution in [0, 0.1) is 21.4 Å². The molecule has 3 rings (SSSR count). The van der Waals surface area contributed by atoms with Crippen molar-refractivity contribution in [3.05, 3.63) is 64.5 Å². The van der Waals surface area contributed by atoms with E-state index in [4.69, 9.17) is 0 Å². The fourth-order valence-corrected chi connectivity index (χ4v) is 1.97. The minimum Gasteiger partial charge on any atom is -0.336 e. The van der Waals surface area contributed by atoms with Gasteiger partial charge in [-0.2, -0.15) is 10.4 Å². The van der Waals surface area contributed by atoms with Crippen LogP contribution in [0.2, 0.25) is 0 Å². The number of para-hydroxylation sites is 2. The van der Waals surface area contributed by atoms with Crippen molar-refractivity contribution in [3.8, 4) is 6.07 Å². The summed E-state index contributed by atoms with van der Waals surface area (Å²) in [6.45, 7) is 0. The van der Waals surface area contributed by atoms with Gasteiger partial charge in [0, 0.05) is 12.1 Å². The number of rotatable bonds is 4. The predicted molar refractivity (Wildman–Crippen MR) is 85.0 cm³/mol. The number of imidazole rings is 1. The summed E-state index contributed by atoms with van der Waals surface area (Å²) in [6.07, 6.45) is 0. The van der Waals surface area contributed by atoms with Crippen LogP contribution in [0.3, 0.4) is 0 Å². The molecular formula is C15H10N6O2. The van der Waals surface area contributed by atoms with Crippen LogP contribution in [0.5, 0.6) is 0 Å². The number of aromatic nitrogens is 2. The second-order valence-corrected chi connectivity index (χ2v) is 4.59. The van der Waals surface area contributed by atoms with E-state index in [0.29, 0.717) is 11.5 Å². The fourth-order valence-electron chi connectivity index (χ4n) is 1.97. The zero-order chi connectivity index (χ0) is 16.2. The van der Waals surface area contributed by atoms with Gasteiger partial charge in [-0.05, 0) is 24.3 Å². The number of hydrogen-bond acceptors (Lipinski definition) is 6. The SMILES string of the molecule is N#C/C(=N/Nc1ccc([N+](=O)[O-])cc1)c1nc2ccccc2[nH]1. The van der Waals surface area contributed by atoms with Crippen LogP contribution in [-0.2, 0) is 0 Å². The molecule has 8 heteroatoms. The molecule has 0 unspecified atom stereocenters. The third-order valence-corrected chi connectivity index (χ3v) is 3.09. The molecule has 0 aliphatic rings. The maximum absolute atomic E-state index is 10.6. The lowest BCUT2D eigenvalue weighted by atomic mass is 10.3. The summed E-state index contributed by atoms with van der Waals surface area (Å²) >= 11 is 0. The molecule has 0 saturated carbocycles. The molecule has 0 spiro atoms. The van der Waals surface area contributed by atoms with E-state index >= 15 is 0 Å². The Morgan fingerprint density at radius 3 is 2.65 bits per heavy atom. The first kappa shape index (κ1) is 14.2. The van der Waals surface area contributed by atoms with E-state index in [1.807, 2.05) is 30.3 Å². The molecule has 0 bridgehead atoms. The Bertz CT molecular complexity index is 904. The van der Waals surface area contributed by atoms with Crippen LogP contribution in [-0.4, -0.2) is 20.6 Å². The monoisotopic (exact) mass is 306 g/mol. The summed E-state index contributed by atoms with van der Waals surface area (Å²) in [6, 6.07) is 15.1. The molecule has 0 aliphatic carbocycles. The molecule has 3 aromatic rings. The van der Waals surface area contributed by atoms with Crippen molar-refractivity contribution in [2.24, 2.45) is 5.10 Å². The molecule has 0 amide bonds. The third-order valence-electron chi connectivity index (χ3n) is 3.09. The lowest BCUT2D eigenvalue weighted by Crippen LogP contribution is -2.04. The number of nitro benzene ring substituents is 1. The molecule has 0 atom stereocenters. The summed E-state index contributed by atoms with van der Waals surface area (Å²) in [5.41, 5.74) is 4.82. The molecule has 2 aromatic carbocycles. The Balaban J connectivity index is 1.84. The summed E-state index contributed by atoms with van der Waals surface area (Å²) < 4.78 is 0. The van der Waals surface area contributed by atoms with Crippen LogP contribution < -0.4 is 5.43 Å². The number of aromatic amines is 1. The van der Waals surface area contributed by atoms with E-state index in [1.54, 1.807) is 0 Å². The van der Waals surface area contributed by atoms with E-state index < -0.39 is 4.92 Å². The summed E-state index contributed by atoms with van der Waals surface area (Å²) in [7, 11) is 0. The van der Waals surface area contributed by atoms with Gasteiger partial charge in [-0.1, -0.05) is 12.1 Å². The van der Waals surface area contributed by atoms with E-state index in [0.717, 1.165) is 11.0 Å². The number of anilines is 1. The first-order valence-corrected chi connectivity index (χ1v) is 6.61. The van der Waals surface area contributed by atoms with Gasteiger partial charge >= 0.3 is 0 Å². The highest BCUT2D eigenvalue weighted by atomic mass is 16.6. The van der Waals surface area contributed by atoms with Gasteiger partial charge in [-0.25, -0.2) is 4.98 Å². The molecule has 0 radical (unpaired) electrons. The van der Waals surface area contributed by atoms with Crippen molar-refractivity contribution >= 4 is 28.1 Å². The van der Waals surface area contributed by atoms with E-state index in [-0.39, 0.29) is 11.4 Å². The fraction of sp³-hybridized carbons (Fsp3) is 0. The van der Waals surface area contributed by atoms with E-state index in [9.17, 15) is 15.4 Å². The largest absolute Gasteiger partial charge is 0.336 e. The van der Waals surface area contributed by atoms with Gasteiger partial charge in [0.2, 0.25) is 5.71 Å². The maximum Gasteiger partial charge on any atom is 0.269 e. The molecule has 1 heterocycles. The number of hydrogen-bond donors (Lipinski definition) is 2. The van der Waals surface area contributed by atoms with E-state index in [1.165, 1.54) is 24.3 Å². The molecular weight excluding hydrogens is 296 g/mol. The highest BCUT2D eigenvalue weighted by Crippen LogP contribution is 2.16. The number of nitrogens with zero attached hydrogens (tertiary/aromatic N) is 4. The Hall–Kier alpha value is -3.73. The summed E-state index contributed by atoms with van der Waals surface area (Å²) in [4.78, 5) is 17.4. The number of nitriles is 1. The Morgan fingerprint density at radius 2 is 2.00 bits per heavy atom. The molecule has 0 aliphatic heterocycles. The normalized spacial score (nSPS) is 11.2. The number of hydrazone groups is 1. The topological polar surface area (TPSA) is 120 Å². The van der Waals surface area contributed by atoms with Gasteiger partial charge in [-0.3, -0.25) is 15.5 Å². The smallest absolute Gasteiger partial charge is 0.269 e. The summed E-state index contributed by atoms with van der Waals surface area (Å²) in [5, 5.41) is 23.8. The zero-order valence-electron chi connectivity index (χ0n) is 11.7. The van der Waals surface area contributed by atoms with Crippen molar-refractivity contribution in [2.75, 3.05) is 5.43 Å². The quantitative estimate of drug-likeness (QED) is 0.436. The highest BCUT2D eigenvalue weighted by Gasteiger charge is 2.09. The average molecular weight is 306 g/mol.